The Labute approximate surface area is 273 Å². The molecule has 0 aromatic heterocycles. The van der Waals surface area contributed by atoms with E-state index in [4.69, 9.17) is 72.0 Å². The van der Waals surface area contributed by atoms with Crippen LogP contribution in [-0.2, 0) is 68.4 Å². The summed E-state index contributed by atoms with van der Waals surface area (Å²) < 4.78 is 49.2. The second-order valence-electron chi connectivity index (χ2n) is 10.5. The Morgan fingerprint density at radius 2 is 1.64 bits per heavy atom. The quantitative estimate of drug-likeness (QED) is 0.0518. The van der Waals surface area contributed by atoms with E-state index in [0.29, 0.717) is 37.5 Å². The summed E-state index contributed by atoms with van der Waals surface area (Å²) in [5, 5.41) is 6.80. The van der Waals surface area contributed by atoms with Gasteiger partial charge in [-0.15, -0.1) is 0 Å². The lowest BCUT2D eigenvalue weighted by molar-refractivity contribution is -0.274. The van der Waals surface area contributed by atoms with Gasteiger partial charge in [-0.3, -0.25) is 14.4 Å². The number of esters is 3. The van der Waals surface area contributed by atoms with Crippen molar-refractivity contribution in [1.82, 2.24) is 10.6 Å². The third kappa shape index (κ3) is 12.9. The Bertz CT molecular complexity index is 1040. The van der Waals surface area contributed by atoms with Gasteiger partial charge in [-0.2, -0.15) is 0 Å². The molecule has 2 rings (SSSR count). The van der Waals surface area contributed by atoms with E-state index in [1.165, 1.54) is 27.9 Å². The van der Waals surface area contributed by atoms with Crippen LogP contribution in [0.1, 0.15) is 40.0 Å². The van der Waals surface area contributed by atoms with Gasteiger partial charge in [-0.25, -0.2) is 0 Å². The topological polar surface area (TPSA) is 205 Å². The maximum atomic E-state index is 11.8. The molecule has 2 aliphatic rings. The summed E-state index contributed by atoms with van der Waals surface area (Å²) in [7, 11) is 4.41. The van der Waals surface area contributed by atoms with Crippen molar-refractivity contribution < 1.29 is 61.5 Å². The van der Waals surface area contributed by atoms with Crippen LogP contribution in [-0.4, -0.2) is 125 Å². The smallest absolute Gasteiger partial charge is 0.324 e. The Morgan fingerprint density at radius 1 is 0.978 bits per heavy atom. The molecule has 2 fully saturated rings. The fourth-order valence-corrected chi connectivity index (χ4v) is 6.42. The fraction of sp³-hybridized carbons (Fsp3) is 0.846. The number of methoxy groups -OCH3 is 2. The largest absolute Gasteiger partial charge is 0.463 e. The summed E-state index contributed by atoms with van der Waals surface area (Å²) in [6, 6.07) is -1.22. The summed E-state index contributed by atoms with van der Waals surface area (Å²) in [5.74, 6) is -1.97. The monoisotopic (exact) mass is 703 g/mol. The first-order valence-electron chi connectivity index (χ1n) is 14.4. The van der Waals surface area contributed by atoms with Crippen molar-refractivity contribution in [3.05, 3.63) is 0 Å². The van der Waals surface area contributed by atoms with Crippen LogP contribution in [0, 0.1) is 5.92 Å². The van der Waals surface area contributed by atoms with Gasteiger partial charge in [0.05, 0.1) is 18.7 Å². The highest BCUT2D eigenvalue weighted by molar-refractivity contribution is 8.07. The number of nitrogens with two attached hydrogens (primary N) is 1. The Kier molecular flexibility index (Phi) is 17.0. The summed E-state index contributed by atoms with van der Waals surface area (Å²) in [6.07, 6.45) is -3.41. The van der Waals surface area contributed by atoms with Crippen molar-refractivity contribution >= 4 is 53.8 Å². The Hall–Kier alpha value is -1.57. The molecule has 45 heavy (non-hydrogen) atoms. The molecule has 0 amide bonds. The van der Waals surface area contributed by atoms with Gasteiger partial charge in [-0.05, 0) is 43.3 Å². The van der Waals surface area contributed by atoms with Gasteiger partial charge in [0.2, 0.25) is 0 Å². The van der Waals surface area contributed by atoms with E-state index >= 15 is 0 Å². The average Bonchev–Trinajstić information content (AvgIpc) is 3.26. The molecule has 1 heterocycles. The normalized spacial score (nSPS) is 31.0. The molecule has 1 aliphatic carbocycles. The lowest BCUT2D eigenvalue weighted by Gasteiger charge is -2.43. The molecule has 0 radical (unpaired) electrons. The first-order chi connectivity index (χ1) is 21.2. The SMILES string of the molecule is COC[C@H]1C[C@H](NC(=S)NCCCCO[C@@H]2O[C@H](COC(C)=O)[C@H](OC(C)=O)[C@H](OC(C)=O)[C@H]2N)C(OC)C1OP(O)(=S)OC. The molecule has 1 saturated carbocycles. The van der Waals surface area contributed by atoms with Crippen LogP contribution in [0.15, 0.2) is 0 Å². The van der Waals surface area contributed by atoms with Gasteiger partial charge in [0.25, 0.3) is 0 Å². The summed E-state index contributed by atoms with van der Waals surface area (Å²) in [5.41, 5.74) is 6.30. The molecular formula is C26H46N3O13PS2. The van der Waals surface area contributed by atoms with E-state index in [2.05, 4.69) is 10.6 Å². The van der Waals surface area contributed by atoms with E-state index in [-0.39, 0.29) is 25.2 Å². The molecule has 1 saturated heterocycles. The molecule has 0 aromatic carbocycles. The lowest BCUT2D eigenvalue weighted by atomic mass is 9.97. The molecule has 5 N–H and O–H groups in total. The van der Waals surface area contributed by atoms with E-state index in [1.807, 2.05) is 0 Å². The molecule has 19 heteroatoms. The van der Waals surface area contributed by atoms with Crippen LogP contribution in [0.3, 0.4) is 0 Å². The first-order valence-corrected chi connectivity index (χ1v) is 17.4. The van der Waals surface area contributed by atoms with Crippen LogP contribution < -0.4 is 16.4 Å². The van der Waals surface area contributed by atoms with Crippen molar-refractivity contribution in [3.8, 4) is 0 Å². The highest BCUT2D eigenvalue weighted by Crippen LogP contribution is 2.48. The minimum Gasteiger partial charge on any atom is -0.463 e. The van der Waals surface area contributed by atoms with Gasteiger partial charge in [0, 0.05) is 61.2 Å². The number of nitrogens with one attached hydrogen (secondary N) is 2. The first kappa shape index (κ1) is 39.6. The number of unbranched alkanes of at least 4 members (excludes halogenated alkanes) is 1. The maximum Gasteiger partial charge on any atom is 0.324 e. The predicted molar refractivity (Wildman–Crippen MR) is 166 cm³/mol. The molecule has 260 valence electrons. The molecule has 10 atom stereocenters. The number of carbonyl (C=O) groups is 3. The Morgan fingerprint density at radius 3 is 2.22 bits per heavy atom. The molecule has 1 aliphatic heterocycles. The van der Waals surface area contributed by atoms with Crippen LogP contribution >= 0.6 is 18.9 Å². The third-order valence-electron chi connectivity index (χ3n) is 7.08. The van der Waals surface area contributed by atoms with Crippen LogP contribution in [0.2, 0.25) is 0 Å². The average molecular weight is 704 g/mol. The second kappa shape index (κ2) is 19.3. The van der Waals surface area contributed by atoms with Gasteiger partial charge < -0.3 is 63.5 Å². The number of ether oxygens (including phenoxy) is 7. The second-order valence-corrected chi connectivity index (χ2v) is 13.8. The zero-order valence-corrected chi connectivity index (χ0v) is 28.9. The zero-order valence-electron chi connectivity index (χ0n) is 26.3. The van der Waals surface area contributed by atoms with E-state index in [9.17, 15) is 19.3 Å². The summed E-state index contributed by atoms with van der Waals surface area (Å²) >= 11 is 10.5. The minimum absolute atomic E-state index is 0.117. The van der Waals surface area contributed by atoms with E-state index in [0.717, 1.165) is 0 Å². The molecule has 0 bridgehead atoms. The number of hydrogen-bond donors (Lipinski definition) is 4. The molecule has 16 nitrogen and oxygen atoms in total. The number of rotatable bonds is 17. The molecule has 3 unspecified atom stereocenters. The van der Waals surface area contributed by atoms with Crippen molar-refractivity contribution in [2.75, 3.05) is 47.7 Å². The zero-order chi connectivity index (χ0) is 33.7. The molecule has 0 spiro atoms. The van der Waals surface area contributed by atoms with Gasteiger partial charge in [-0.1, -0.05) is 0 Å². The van der Waals surface area contributed by atoms with Crippen LogP contribution in [0.25, 0.3) is 0 Å². The standard InChI is InChI=1S/C26H46N3O13PS2/c1-14(30)38-13-19-23(39-15(2)31)24(40-16(3)32)20(27)25(41-19)37-10-8-7-9-28-26(44)29-18-11-17(12-34-4)21(22(18)35-5)42-43(33,45)36-6/h17-25H,7-13,27H2,1-6H3,(H,33,45)(H2,28,29,44)/t17-,18+,19-,20-,21?,22?,23+,24-,25-,43?/m1/s1. The third-order valence-corrected chi connectivity index (χ3v) is 9.02. The van der Waals surface area contributed by atoms with Crippen LogP contribution in [0.4, 0.5) is 0 Å². The van der Waals surface area contributed by atoms with Gasteiger partial charge in [0.1, 0.15) is 24.9 Å². The summed E-state index contributed by atoms with van der Waals surface area (Å²) in [6.45, 7) is 1.02. The fourth-order valence-electron chi connectivity index (χ4n) is 5.18. The Balaban J connectivity index is 1.88. The minimum atomic E-state index is -3.44. The highest BCUT2D eigenvalue weighted by Gasteiger charge is 2.49. The number of carbonyl (C=O) groups excluding carboxylic acids is 3. The van der Waals surface area contributed by atoms with Crippen molar-refractivity contribution in [2.45, 2.75) is 88.9 Å². The number of thiocarbonyl (C=S) groups is 1. The van der Waals surface area contributed by atoms with Crippen molar-refractivity contribution in [1.29, 1.82) is 0 Å². The van der Waals surface area contributed by atoms with Gasteiger partial charge >= 0.3 is 24.6 Å². The highest BCUT2D eigenvalue weighted by atomic mass is 32.5. The van der Waals surface area contributed by atoms with Crippen molar-refractivity contribution in [3.63, 3.8) is 0 Å². The maximum absolute atomic E-state index is 11.8. The summed E-state index contributed by atoms with van der Waals surface area (Å²) in [4.78, 5) is 45.1. The predicted octanol–water partition coefficient (Wildman–Crippen LogP) is 0.0243. The molecule has 0 aromatic rings. The van der Waals surface area contributed by atoms with Gasteiger partial charge in [0.15, 0.2) is 23.6 Å². The number of hydrogen-bond acceptors (Lipinski definition) is 15. The van der Waals surface area contributed by atoms with Crippen molar-refractivity contribution in [2.24, 2.45) is 11.7 Å². The lowest BCUT2D eigenvalue weighted by Crippen LogP contribution is -2.64. The molecular weight excluding hydrogens is 657 g/mol. The van der Waals surface area contributed by atoms with Crippen LogP contribution in [0.5, 0.6) is 0 Å². The van der Waals surface area contributed by atoms with E-state index < -0.39 is 67.5 Å². The van der Waals surface area contributed by atoms with E-state index in [1.54, 1.807) is 14.2 Å².